The van der Waals surface area contributed by atoms with Crippen molar-refractivity contribution in [3.05, 3.63) is 53.0 Å². The summed E-state index contributed by atoms with van der Waals surface area (Å²) in [4.78, 5) is 51.8. The molecule has 1 aliphatic rings. The maximum absolute atomic E-state index is 13.5. The number of aryl methyl sites for hydroxylation is 1. The van der Waals surface area contributed by atoms with Crippen LogP contribution in [0, 0.1) is 12.8 Å². The van der Waals surface area contributed by atoms with Crippen molar-refractivity contribution in [3.63, 3.8) is 0 Å². The van der Waals surface area contributed by atoms with Crippen LogP contribution in [0.3, 0.4) is 0 Å². The molecule has 0 saturated heterocycles. The number of hydrogen-bond acceptors (Lipinski definition) is 5. The first-order chi connectivity index (χ1) is 19.8. The van der Waals surface area contributed by atoms with E-state index in [1.807, 2.05) is 60.2 Å². The van der Waals surface area contributed by atoms with Crippen molar-refractivity contribution in [2.75, 3.05) is 18.0 Å². The van der Waals surface area contributed by atoms with E-state index in [4.69, 9.17) is 5.11 Å². The summed E-state index contributed by atoms with van der Waals surface area (Å²) in [6, 6.07) is 11.6. The number of amides is 3. The lowest BCUT2D eigenvalue weighted by Crippen LogP contribution is -2.42. The Morgan fingerprint density at radius 1 is 1.05 bits per heavy atom. The molecule has 3 aromatic rings. The van der Waals surface area contributed by atoms with Gasteiger partial charge in [-0.15, -0.1) is 11.3 Å². The van der Waals surface area contributed by atoms with Crippen LogP contribution in [0.4, 0.5) is 5.69 Å². The number of fused-ring (bicyclic) bond motifs is 1. The van der Waals surface area contributed by atoms with Gasteiger partial charge in [0.1, 0.15) is 12.2 Å². The molecule has 2 heterocycles. The maximum atomic E-state index is 13.5. The van der Waals surface area contributed by atoms with Crippen LogP contribution < -0.4 is 15.5 Å². The van der Waals surface area contributed by atoms with Crippen LogP contribution in [-0.4, -0.2) is 52.5 Å². The number of nitrogens with zero attached hydrogens (tertiary/aromatic N) is 2. The summed E-state index contributed by atoms with van der Waals surface area (Å²) >= 11 is 1.54. The lowest BCUT2D eigenvalue weighted by molar-refractivity contribution is -0.137. The highest BCUT2D eigenvalue weighted by atomic mass is 32.1. The van der Waals surface area contributed by atoms with E-state index in [1.54, 1.807) is 16.2 Å². The number of rotatable bonds is 13. The second-order valence-electron chi connectivity index (χ2n) is 10.8. The Balaban J connectivity index is 1.32. The van der Waals surface area contributed by atoms with E-state index >= 15 is 0 Å². The number of carboxylic acid groups (broad SMARTS) is 1. The van der Waals surface area contributed by atoms with Crippen molar-refractivity contribution >= 4 is 50.9 Å². The fourth-order valence-corrected chi connectivity index (χ4v) is 6.37. The molecule has 220 valence electrons. The molecule has 41 heavy (non-hydrogen) atoms. The Bertz CT molecular complexity index is 1370. The zero-order chi connectivity index (χ0) is 29.4. The summed E-state index contributed by atoms with van der Waals surface area (Å²) in [5, 5.41) is 16.8. The van der Waals surface area contributed by atoms with Gasteiger partial charge in [0.25, 0.3) is 5.91 Å². The molecule has 3 amide bonds. The van der Waals surface area contributed by atoms with E-state index in [1.165, 1.54) is 0 Å². The predicted octanol–water partition coefficient (Wildman–Crippen LogP) is 5.11. The van der Waals surface area contributed by atoms with Gasteiger partial charge in [-0.3, -0.25) is 19.2 Å². The molecule has 0 aliphatic heterocycles. The van der Waals surface area contributed by atoms with E-state index in [0.717, 1.165) is 34.3 Å². The minimum atomic E-state index is -0.791. The number of anilines is 1. The van der Waals surface area contributed by atoms with E-state index in [0.29, 0.717) is 50.9 Å². The SMILES string of the molecule is CCN(C(=O)Cn1c(C(=O)NC2CCC(C(=O)NCCCCCC(=O)O)CC2)cc2sccc21)c1cccc(C)c1. The molecule has 0 spiro atoms. The molecular formula is C31H40N4O5S. The Morgan fingerprint density at radius 3 is 2.54 bits per heavy atom. The van der Waals surface area contributed by atoms with Crippen molar-refractivity contribution in [2.45, 2.75) is 77.8 Å². The van der Waals surface area contributed by atoms with Gasteiger partial charge in [0.2, 0.25) is 11.8 Å². The average Bonchev–Trinajstić information content (AvgIpc) is 3.54. The number of unbranched alkanes of at least 4 members (excludes halogenated alkanes) is 2. The normalized spacial score (nSPS) is 16.8. The van der Waals surface area contributed by atoms with Gasteiger partial charge in [-0.2, -0.15) is 0 Å². The van der Waals surface area contributed by atoms with Crippen LogP contribution >= 0.6 is 11.3 Å². The minimum Gasteiger partial charge on any atom is -0.481 e. The number of carbonyl (C=O) groups excluding carboxylic acids is 3. The van der Waals surface area contributed by atoms with Crippen LogP contribution in [0.25, 0.3) is 10.2 Å². The first kappa shape index (κ1) is 30.3. The first-order valence-electron chi connectivity index (χ1n) is 14.5. The molecule has 0 atom stereocenters. The van der Waals surface area contributed by atoms with Crippen LogP contribution in [0.1, 0.15) is 74.3 Å². The number of carboxylic acids is 1. The second-order valence-corrected chi connectivity index (χ2v) is 11.7. The van der Waals surface area contributed by atoms with Gasteiger partial charge >= 0.3 is 5.97 Å². The fourth-order valence-electron chi connectivity index (χ4n) is 5.55. The molecule has 1 aromatic carbocycles. The maximum Gasteiger partial charge on any atom is 0.303 e. The largest absolute Gasteiger partial charge is 0.481 e. The zero-order valence-electron chi connectivity index (χ0n) is 23.9. The van der Waals surface area contributed by atoms with Gasteiger partial charge in [0.05, 0.1) is 10.2 Å². The second kappa shape index (κ2) is 14.3. The smallest absolute Gasteiger partial charge is 0.303 e. The number of carbonyl (C=O) groups is 4. The molecule has 3 N–H and O–H groups in total. The van der Waals surface area contributed by atoms with E-state index in [2.05, 4.69) is 10.6 Å². The summed E-state index contributed by atoms with van der Waals surface area (Å²) < 4.78 is 2.78. The number of nitrogens with one attached hydrogen (secondary N) is 2. The number of aromatic nitrogens is 1. The number of hydrogen-bond donors (Lipinski definition) is 3. The standard InChI is InChI=1S/C31H40N4O5S/c1-3-34(24-9-7-8-21(2)18-24)28(36)20-35-25-15-17-41-27(25)19-26(35)31(40)33-23-13-11-22(12-14-23)30(39)32-16-6-4-5-10-29(37)38/h7-9,15,17-19,22-23H,3-6,10-14,16,20H2,1-2H3,(H,32,39)(H,33,40)(H,37,38). The highest BCUT2D eigenvalue weighted by molar-refractivity contribution is 7.17. The molecule has 0 radical (unpaired) electrons. The third-order valence-electron chi connectivity index (χ3n) is 7.78. The van der Waals surface area contributed by atoms with Gasteiger partial charge in [0.15, 0.2) is 0 Å². The van der Waals surface area contributed by atoms with Crippen LogP contribution in [0.2, 0.25) is 0 Å². The molecular weight excluding hydrogens is 540 g/mol. The van der Waals surface area contributed by atoms with Crippen molar-refractivity contribution < 1.29 is 24.3 Å². The summed E-state index contributed by atoms with van der Waals surface area (Å²) in [6.07, 6.45) is 5.16. The van der Waals surface area contributed by atoms with Crippen LogP contribution in [0.15, 0.2) is 41.8 Å². The monoisotopic (exact) mass is 580 g/mol. The van der Waals surface area contributed by atoms with Gasteiger partial charge in [0, 0.05) is 37.2 Å². The summed E-state index contributed by atoms with van der Waals surface area (Å²) in [5.74, 6) is -1.11. The number of benzene rings is 1. The summed E-state index contributed by atoms with van der Waals surface area (Å²) in [5.41, 5.74) is 3.27. The van der Waals surface area contributed by atoms with Gasteiger partial charge in [-0.1, -0.05) is 18.6 Å². The van der Waals surface area contributed by atoms with Crippen LogP contribution in [0.5, 0.6) is 0 Å². The minimum absolute atomic E-state index is 0.0286. The van der Waals surface area contributed by atoms with E-state index < -0.39 is 5.97 Å². The Hall–Kier alpha value is -3.66. The Labute approximate surface area is 244 Å². The molecule has 1 aliphatic carbocycles. The van der Waals surface area contributed by atoms with Gasteiger partial charge in [-0.25, -0.2) is 0 Å². The van der Waals surface area contributed by atoms with Crippen LogP contribution in [-0.2, 0) is 20.9 Å². The summed E-state index contributed by atoms with van der Waals surface area (Å²) in [7, 11) is 0. The Kier molecular flexibility index (Phi) is 10.6. The van der Waals surface area contributed by atoms with Crippen molar-refractivity contribution in [3.8, 4) is 0 Å². The van der Waals surface area contributed by atoms with Gasteiger partial charge in [-0.05, 0) is 87.6 Å². The molecule has 0 unspecified atom stereocenters. The average molecular weight is 581 g/mol. The summed E-state index contributed by atoms with van der Waals surface area (Å²) in [6.45, 7) is 5.09. The number of likely N-dealkylation sites (N-methyl/N-ethyl adjacent to an activating group) is 1. The van der Waals surface area contributed by atoms with E-state index in [-0.39, 0.29) is 42.6 Å². The molecule has 2 aromatic heterocycles. The molecule has 4 rings (SSSR count). The lowest BCUT2D eigenvalue weighted by Gasteiger charge is -2.28. The third kappa shape index (κ3) is 7.97. The third-order valence-corrected chi connectivity index (χ3v) is 8.63. The Morgan fingerprint density at radius 2 is 1.83 bits per heavy atom. The molecule has 10 heteroatoms. The van der Waals surface area contributed by atoms with Crippen molar-refractivity contribution in [1.82, 2.24) is 15.2 Å². The molecule has 9 nitrogen and oxygen atoms in total. The quantitative estimate of drug-likeness (QED) is 0.243. The van der Waals surface area contributed by atoms with Crippen molar-refractivity contribution in [1.29, 1.82) is 0 Å². The van der Waals surface area contributed by atoms with Crippen molar-refractivity contribution in [2.24, 2.45) is 5.92 Å². The van der Waals surface area contributed by atoms with E-state index in [9.17, 15) is 19.2 Å². The van der Waals surface area contributed by atoms with Gasteiger partial charge < -0.3 is 25.2 Å². The lowest BCUT2D eigenvalue weighted by atomic mass is 9.85. The molecule has 1 saturated carbocycles. The number of thiophene rings is 1. The first-order valence-corrected chi connectivity index (χ1v) is 15.4. The molecule has 0 bridgehead atoms. The highest BCUT2D eigenvalue weighted by Crippen LogP contribution is 2.28. The zero-order valence-corrected chi connectivity index (χ0v) is 24.7. The number of aliphatic carboxylic acids is 1. The molecule has 1 fully saturated rings. The predicted molar refractivity (Wildman–Crippen MR) is 161 cm³/mol. The fraction of sp³-hybridized carbons (Fsp3) is 0.484. The highest BCUT2D eigenvalue weighted by Gasteiger charge is 2.28. The topological polar surface area (TPSA) is 121 Å².